The van der Waals surface area contributed by atoms with Crippen LogP contribution in [0.5, 0.6) is 5.75 Å². The molecule has 1 aromatic heterocycles. The number of aryl methyl sites for hydroxylation is 1. The Morgan fingerprint density at radius 1 is 1.26 bits per heavy atom. The van der Waals surface area contributed by atoms with Gasteiger partial charge in [0.25, 0.3) is 5.91 Å². The van der Waals surface area contributed by atoms with Gasteiger partial charge in [0.05, 0.1) is 11.8 Å². The van der Waals surface area contributed by atoms with Crippen LogP contribution in [-0.4, -0.2) is 23.8 Å². The number of carbonyl (C=O) groups is 1. The van der Waals surface area contributed by atoms with Crippen LogP contribution in [0.2, 0.25) is 0 Å². The molecule has 0 spiro atoms. The number of hydrogen-bond donors (Lipinski definition) is 0. The van der Waals surface area contributed by atoms with E-state index in [-0.39, 0.29) is 5.91 Å². The van der Waals surface area contributed by atoms with E-state index in [0.29, 0.717) is 10.4 Å². The number of hydrogen-bond acceptors (Lipinski definition) is 4. The van der Waals surface area contributed by atoms with E-state index in [1.165, 1.54) is 11.3 Å². The fourth-order valence-electron chi connectivity index (χ4n) is 2.35. The summed E-state index contributed by atoms with van der Waals surface area (Å²) in [4.78, 5) is 18.5. The van der Waals surface area contributed by atoms with Gasteiger partial charge in [0, 0.05) is 17.5 Å². The van der Waals surface area contributed by atoms with Gasteiger partial charge in [-0.05, 0) is 36.6 Å². The van der Waals surface area contributed by atoms with Gasteiger partial charge in [-0.2, -0.15) is 4.99 Å². The summed E-state index contributed by atoms with van der Waals surface area (Å²) in [7, 11) is 3.54. The molecule has 0 aliphatic rings. The maximum atomic E-state index is 12.5. The number of methoxy groups -OCH3 is 1. The Labute approximate surface area is 142 Å². The minimum Gasteiger partial charge on any atom is -0.495 e. The van der Waals surface area contributed by atoms with E-state index in [1.54, 1.807) is 24.9 Å². The number of carbonyl (C=O) groups excluding carboxylic acids is 1. The third-order valence-corrected chi connectivity index (χ3v) is 5.34. The molecule has 0 aliphatic carbocycles. The van der Waals surface area contributed by atoms with Gasteiger partial charge in [0.2, 0.25) is 0 Å². The average Bonchev–Trinajstić information content (AvgIpc) is 2.91. The molecule has 0 fully saturated rings. The van der Waals surface area contributed by atoms with E-state index in [2.05, 4.69) is 4.99 Å². The summed E-state index contributed by atoms with van der Waals surface area (Å²) in [5.41, 5.74) is 1.55. The quantitative estimate of drug-likeness (QED) is 0.680. The van der Waals surface area contributed by atoms with E-state index in [9.17, 15) is 4.79 Å². The van der Waals surface area contributed by atoms with Gasteiger partial charge in [-0.15, -0.1) is 11.8 Å². The van der Waals surface area contributed by atoms with Crippen molar-refractivity contribution in [3.05, 3.63) is 52.8 Å². The molecule has 0 saturated carbocycles. The van der Waals surface area contributed by atoms with Gasteiger partial charge >= 0.3 is 0 Å². The summed E-state index contributed by atoms with van der Waals surface area (Å²) in [6.45, 7) is 0. The lowest BCUT2D eigenvalue weighted by Crippen LogP contribution is -2.13. The van der Waals surface area contributed by atoms with Gasteiger partial charge in [0.15, 0.2) is 4.80 Å². The van der Waals surface area contributed by atoms with E-state index in [1.807, 2.05) is 54.3 Å². The number of aromatic nitrogens is 1. The van der Waals surface area contributed by atoms with Crippen molar-refractivity contribution in [1.82, 2.24) is 4.57 Å². The summed E-state index contributed by atoms with van der Waals surface area (Å²) in [6, 6.07) is 13.4. The van der Waals surface area contributed by atoms with Crippen LogP contribution in [0.15, 0.2) is 52.4 Å². The van der Waals surface area contributed by atoms with Crippen LogP contribution >= 0.6 is 23.1 Å². The number of thioether (sulfide) groups is 1. The minimum atomic E-state index is -0.234. The third-order valence-electron chi connectivity index (χ3n) is 3.52. The molecule has 0 unspecified atom stereocenters. The van der Waals surface area contributed by atoms with Crippen molar-refractivity contribution in [2.75, 3.05) is 13.4 Å². The third kappa shape index (κ3) is 3.04. The lowest BCUT2D eigenvalue weighted by Gasteiger charge is -2.03. The first-order valence-corrected chi connectivity index (χ1v) is 9.04. The molecule has 6 heteroatoms. The largest absolute Gasteiger partial charge is 0.495 e. The monoisotopic (exact) mass is 344 g/mol. The number of fused-ring (bicyclic) bond motifs is 1. The highest BCUT2D eigenvalue weighted by molar-refractivity contribution is 7.98. The zero-order valence-corrected chi connectivity index (χ0v) is 14.7. The standard InChI is InChI=1S/C17H16N2O2S2/c1-19-15-13(21-2)8-5-9-14(15)23-17(19)18-16(20)11-6-4-7-12(10-11)22-3/h4-10H,1-3H3. The first kappa shape index (κ1) is 15.8. The molecule has 0 saturated heterocycles. The molecule has 0 bridgehead atoms. The lowest BCUT2D eigenvalue weighted by molar-refractivity contribution is 0.0997. The van der Waals surface area contributed by atoms with Gasteiger partial charge < -0.3 is 9.30 Å². The number of para-hydroxylation sites is 1. The molecule has 0 radical (unpaired) electrons. The molecule has 4 nitrogen and oxygen atoms in total. The normalized spacial score (nSPS) is 11.9. The van der Waals surface area contributed by atoms with Gasteiger partial charge in [-0.25, -0.2) is 0 Å². The Kier molecular flexibility index (Phi) is 4.54. The van der Waals surface area contributed by atoms with Crippen LogP contribution in [0.1, 0.15) is 10.4 Å². The number of thiazole rings is 1. The Bertz CT molecular complexity index is 941. The Morgan fingerprint density at radius 2 is 2.04 bits per heavy atom. The van der Waals surface area contributed by atoms with E-state index in [0.717, 1.165) is 20.9 Å². The lowest BCUT2D eigenvalue weighted by atomic mass is 10.2. The fourth-order valence-corrected chi connectivity index (χ4v) is 3.84. The second kappa shape index (κ2) is 6.60. The van der Waals surface area contributed by atoms with Crippen molar-refractivity contribution < 1.29 is 9.53 Å². The summed E-state index contributed by atoms with van der Waals surface area (Å²) in [5.74, 6) is 0.543. The topological polar surface area (TPSA) is 43.6 Å². The summed E-state index contributed by atoms with van der Waals surface area (Å²) in [5, 5.41) is 0. The molecule has 118 valence electrons. The second-order valence-electron chi connectivity index (χ2n) is 4.90. The Hall–Kier alpha value is -2.05. The van der Waals surface area contributed by atoms with Crippen LogP contribution in [-0.2, 0) is 7.05 Å². The Balaban J connectivity index is 2.10. The number of nitrogens with zero attached hydrogens (tertiary/aromatic N) is 2. The predicted molar refractivity (Wildman–Crippen MR) is 95.5 cm³/mol. The number of benzene rings is 2. The van der Waals surface area contributed by atoms with Gasteiger partial charge in [-0.3, -0.25) is 4.79 Å². The molecular formula is C17H16N2O2S2. The Morgan fingerprint density at radius 3 is 2.78 bits per heavy atom. The van der Waals surface area contributed by atoms with Crippen LogP contribution in [0.25, 0.3) is 10.2 Å². The van der Waals surface area contributed by atoms with Crippen LogP contribution in [0, 0.1) is 0 Å². The van der Waals surface area contributed by atoms with Gasteiger partial charge in [0.1, 0.15) is 11.3 Å². The first-order chi connectivity index (χ1) is 11.1. The summed E-state index contributed by atoms with van der Waals surface area (Å²) >= 11 is 3.08. The molecule has 23 heavy (non-hydrogen) atoms. The zero-order valence-electron chi connectivity index (χ0n) is 13.1. The highest BCUT2D eigenvalue weighted by Crippen LogP contribution is 2.26. The highest BCUT2D eigenvalue weighted by Gasteiger charge is 2.10. The summed E-state index contributed by atoms with van der Waals surface area (Å²) < 4.78 is 8.33. The molecule has 3 aromatic rings. The first-order valence-electron chi connectivity index (χ1n) is 6.99. The van der Waals surface area contributed by atoms with E-state index >= 15 is 0 Å². The van der Waals surface area contributed by atoms with Crippen molar-refractivity contribution in [2.24, 2.45) is 12.0 Å². The molecule has 3 rings (SSSR count). The maximum absolute atomic E-state index is 12.5. The van der Waals surface area contributed by atoms with Crippen LogP contribution in [0.3, 0.4) is 0 Å². The minimum absolute atomic E-state index is 0.234. The molecule has 0 atom stereocenters. The molecule has 2 aromatic carbocycles. The number of rotatable bonds is 3. The van der Waals surface area contributed by atoms with Crippen molar-refractivity contribution in [1.29, 1.82) is 0 Å². The van der Waals surface area contributed by atoms with Crippen LogP contribution < -0.4 is 9.54 Å². The number of amides is 1. The van der Waals surface area contributed by atoms with Crippen molar-refractivity contribution >= 4 is 39.2 Å². The van der Waals surface area contributed by atoms with E-state index in [4.69, 9.17) is 4.74 Å². The molecule has 0 N–H and O–H groups in total. The molecule has 0 aliphatic heterocycles. The molecule has 1 amide bonds. The van der Waals surface area contributed by atoms with Gasteiger partial charge in [-0.1, -0.05) is 23.5 Å². The second-order valence-corrected chi connectivity index (χ2v) is 6.79. The SMILES string of the molecule is COc1cccc2sc(=NC(=O)c3cccc(SC)c3)n(C)c12. The number of ether oxygens (including phenoxy) is 1. The van der Waals surface area contributed by atoms with Crippen LogP contribution in [0.4, 0.5) is 0 Å². The van der Waals surface area contributed by atoms with Crippen molar-refractivity contribution in [3.8, 4) is 5.75 Å². The average molecular weight is 344 g/mol. The smallest absolute Gasteiger partial charge is 0.279 e. The van der Waals surface area contributed by atoms with Crippen molar-refractivity contribution in [2.45, 2.75) is 4.90 Å². The zero-order chi connectivity index (χ0) is 16.4. The highest BCUT2D eigenvalue weighted by atomic mass is 32.2. The molecule has 1 heterocycles. The fraction of sp³-hybridized carbons (Fsp3) is 0.176. The summed E-state index contributed by atoms with van der Waals surface area (Å²) in [6.07, 6.45) is 1.99. The maximum Gasteiger partial charge on any atom is 0.279 e. The molecular weight excluding hydrogens is 328 g/mol. The van der Waals surface area contributed by atoms with E-state index < -0.39 is 0 Å². The predicted octanol–water partition coefficient (Wildman–Crippen LogP) is 3.71. The van der Waals surface area contributed by atoms with Crippen molar-refractivity contribution in [3.63, 3.8) is 0 Å².